The Balaban J connectivity index is 2.19. The highest BCUT2D eigenvalue weighted by Crippen LogP contribution is 2.61. The molecule has 1 amide bonds. The summed E-state index contributed by atoms with van der Waals surface area (Å²) in [4.78, 5) is 38.8. The molecule has 122 valence electrons. The number of hydrogen-bond donors (Lipinski definition) is 0. The number of likely N-dealkylation sites (tertiary alicyclic amines) is 1. The lowest BCUT2D eigenvalue weighted by Gasteiger charge is -2.22. The summed E-state index contributed by atoms with van der Waals surface area (Å²) < 4.78 is 0.110. The molecule has 1 aliphatic carbocycles. The van der Waals surface area contributed by atoms with Gasteiger partial charge in [-0.1, -0.05) is 44.0 Å². The van der Waals surface area contributed by atoms with E-state index in [9.17, 15) is 14.4 Å². The average Bonchev–Trinajstić information content (AvgIpc) is 2.79. The third kappa shape index (κ3) is 2.83. The maximum absolute atomic E-state index is 12.7. The number of halogens is 2. The molecule has 0 aromatic rings. The molecule has 0 aromatic carbocycles. The summed E-state index contributed by atoms with van der Waals surface area (Å²) in [5.74, 6) is -2.59. The van der Waals surface area contributed by atoms with E-state index >= 15 is 0 Å². The van der Waals surface area contributed by atoms with Gasteiger partial charge in [0, 0.05) is 12.0 Å². The molecule has 0 bridgehead atoms. The predicted octanol–water partition coefficient (Wildman–Crippen LogP) is 2.97. The van der Waals surface area contributed by atoms with Gasteiger partial charge in [-0.15, -0.1) is 0 Å². The molecule has 2 aliphatic rings. The summed E-state index contributed by atoms with van der Waals surface area (Å²) in [5, 5.41) is 0. The highest BCUT2D eigenvalue weighted by molar-refractivity contribution is 6.55. The Morgan fingerprint density at radius 2 is 2.00 bits per heavy atom. The van der Waals surface area contributed by atoms with E-state index < -0.39 is 5.92 Å². The van der Waals surface area contributed by atoms with Crippen molar-refractivity contribution in [3.05, 3.63) is 10.6 Å². The Bertz CT molecular complexity index is 552. The molecule has 1 saturated heterocycles. The van der Waals surface area contributed by atoms with Crippen molar-refractivity contribution in [1.29, 1.82) is 0 Å². The molecular weight excluding hydrogens is 325 g/mol. The van der Waals surface area contributed by atoms with Crippen LogP contribution in [0.5, 0.6) is 0 Å². The Kier molecular flexibility index (Phi) is 4.74. The van der Waals surface area contributed by atoms with Crippen molar-refractivity contribution in [3.63, 3.8) is 0 Å². The number of carbonyl (C=O) groups excluding carboxylic acids is 3. The normalized spacial score (nSPS) is 31.2. The summed E-state index contributed by atoms with van der Waals surface area (Å²) in [7, 11) is 0. The molecule has 4 unspecified atom stereocenters. The second-order valence-electron chi connectivity index (χ2n) is 6.81. The van der Waals surface area contributed by atoms with Crippen molar-refractivity contribution in [3.8, 4) is 0 Å². The van der Waals surface area contributed by atoms with E-state index in [-0.39, 0.29) is 51.8 Å². The van der Waals surface area contributed by atoms with Gasteiger partial charge in [0.25, 0.3) is 0 Å². The number of amides is 1. The fourth-order valence-corrected chi connectivity index (χ4v) is 3.63. The van der Waals surface area contributed by atoms with Crippen LogP contribution in [0, 0.1) is 23.2 Å². The molecule has 1 heterocycles. The second-order valence-corrected chi connectivity index (χ2v) is 7.81. The first-order chi connectivity index (χ1) is 10.1. The van der Waals surface area contributed by atoms with Crippen LogP contribution in [0.1, 0.15) is 34.1 Å². The molecule has 6 heteroatoms. The van der Waals surface area contributed by atoms with Crippen molar-refractivity contribution in [1.82, 2.24) is 4.90 Å². The largest absolute Gasteiger partial charge is 0.332 e. The van der Waals surface area contributed by atoms with Gasteiger partial charge in [0.1, 0.15) is 4.49 Å². The SMILES string of the molecule is CCC(C)N1CC(=O)C(C(=O)C2C(C=C(Cl)Cl)C2(C)C)C1=O. The summed E-state index contributed by atoms with van der Waals surface area (Å²) in [6.07, 6.45) is 2.38. The molecule has 2 rings (SSSR count). The maximum atomic E-state index is 12.7. The zero-order chi connectivity index (χ0) is 16.8. The van der Waals surface area contributed by atoms with Gasteiger partial charge < -0.3 is 4.90 Å². The molecular formula is C16H21Cl2NO3. The minimum absolute atomic E-state index is 0.0329. The maximum Gasteiger partial charge on any atom is 0.241 e. The molecule has 4 atom stereocenters. The number of ketones is 2. The van der Waals surface area contributed by atoms with E-state index in [1.807, 2.05) is 27.7 Å². The van der Waals surface area contributed by atoms with Crippen LogP contribution < -0.4 is 0 Å². The number of Topliss-reactive ketones (excluding diaryl/α,β-unsaturated/α-hetero) is 2. The van der Waals surface area contributed by atoms with Crippen LogP contribution in [0.3, 0.4) is 0 Å². The van der Waals surface area contributed by atoms with Gasteiger partial charge in [0.05, 0.1) is 6.54 Å². The number of hydrogen-bond acceptors (Lipinski definition) is 3. The van der Waals surface area contributed by atoms with Crippen molar-refractivity contribution in [2.45, 2.75) is 40.2 Å². The summed E-state index contributed by atoms with van der Waals surface area (Å²) in [5.41, 5.74) is -0.323. The number of nitrogens with zero attached hydrogens (tertiary/aromatic N) is 1. The Morgan fingerprint density at radius 3 is 2.50 bits per heavy atom. The van der Waals surface area contributed by atoms with Crippen molar-refractivity contribution < 1.29 is 14.4 Å². The summed E-state index contributed by atoms with van der Waals surface area (Å²) >= 11 is 11.4. The van der Waals surface area contributed by atoms with Gasteiger partial charge in [0.2, 0.25) is 5.91 Å². The predicted molar refractivity (Wildman–Crippen MR) is 85.5 cm³/mol. The Morgan fingerprint density at radius 1 is 1.41 bits per heavy atom. The van der Waals surface area contributed by atoms with Crippen molar-refractivity contribution >= 4 is 40.7 Å². The molecule has 22 heavy (non-hydrogen) atoms. The highest BCUT2D eigenvalue weighted by Gasteiger charge is 2.63. The summed E-state index contributed by atoms with van der Waals surface area (Å²) in [6.45, 7) is 7.71. The molecule has 2 fully saturated rings. The van der Waals surface area contributed by atoms with Crippen molar-refractivity contribution in [2.75, 3.05) is 6.54 Å². The van der Waals surface area contributed by atoms with Gasteiger partial charge in [0.15, 0.2) is 17.5 Å². The molecule has 1 saturated carbocycles. The summed E-state index contributed by atoms with van der Waals surface area (Å²) in [6, 6.07) is -0.0329. The van der Waals surface area contributed by atoms with Gasteiger partial charge in [-0.05, 0) is 30.8 Å². The fraction of sp³-hybridized carbons (Fsp3) is 0.688. The first-order valence-electron chi connectivity index (χ1n) is 7.52. The van der Waals surface area contributed by atoms with Crippen LogP contribution in [-0.4, -0.2) is 35.0 Å². The third-order valence-corrected chi connectivity index (χ3v) is 5.36. The minimum atomic E-state index is -1.15. The van der Waals surface area contributed by atoms with E-state index in [0.29, 0.717) is 0 Å². The molecule has 0 spiro atoms. The van der Waals surface area contributed by atoms with Gasteiger partial charge in [-0.2, -0.15) is 0 Å². The fourth-order valence-electron chi connectivity index (χ4n) is 3.36. The van der Waals surface area contributed by atoms with Crippen LogP contribution in [-0.2, 0) is 14.4 Å². The third-order valence-electron chi connectivity index (χ3n) is 5.11. The Hall–Kier alpha value is -0.870. The van der Waals surface area contributed by atoms with Crippen LogP contribution in [0.25, 0.3) is 0 Å². The molecule has 1 aliphatic heterocycles. The van der Waals surface area contributed by atoms with Crippen LogP contribution >= 0.6 is 23.2 Å². The van der Waals surface area contributed by atoms with E-state index in [2.05, 4.69) is 0 Å². The lowest BCUT2D eigenvalue weighted by Crippen LogP contribution is -2.37. The smallest absolute Gasteiger partial charge is 0.241 e. The van der Waals surface area contributed by atoms with Gasteiger partial charge in [-0.3, -0.25) is 14.4 Å². The van der Waals surface area contributed by atoms with Crippen molar-refractivity contribution in [2.24, 2.45) is 23.2 Å². The Labute approximate surface area is 140 Å². The second kappa shape index (κ2) is 5.97. The topological polar surface area (TPSA) is 54.5 Å². The minimum Gasteiger partial charge on any atom is -0.332 e. The van der Waals surface area contributed by atoms with Crippen LogP contribution in [0.15, 0.2) is 10.6 Å². The average molecular weight is 346 g/mol. The first-order valence-corrected chi connectivity index (χ1v) is 8.28. The number of rotatable bonds is 5. The molecule has 0 aromatic heterocycles. The zero-order valence-electron chi connectivity index (χ0n) is 13.2. The molecule has 0 N–H and O–H groups in total. The lowest BCUT2D eigenvalue weighted by molar-refractivity contribution is -0.140. The van der Waals surface area contributed by atoms with E-state index in [1.54, 1.807) is 6.08 Å². The zero-order valence-corrected chi connectivity index (χ0v) is 14.7. The number of allylic oxidation sites excluding steroid dienone is 1. The van der Waals surface area contributed by atoms with E-state index in [4.69, 9.17) is 23.2 Å². The van der Waals surface area contributed by atoms with Gasteiger partial charge >= 0.3 is 0 Å². The standard InChI is InChI=1S/C16H21Cl2NO3/c1-5-8(2)19-7-10(20)12(15(19)22)14(21)13-9(6-11(17)18)16(13,3)4/h6,8-9,12-13H,5,7H2,1-4H3. The monoisotopic (exact) mass is 345 g/mol. The number of carbonyl (C=O) groups is 3. The lowest BCUT2D eigenvalue weighted by atomic mass is 9.94. The van der Waals surface area contributed by atoms with E-state index in [1.165, 1.54) is 4.90 Å². The van der Waals surface area contributed by atoms with Gasteiger partial charge in [-0.25, -0.2) is 0 Å². The highest BCUT2D eigenvalue weighted by atomic mass is 35.5. The first kappa shape index (κ1) is 17.5. The molecule has 0 radical (unpaired) electrons. The quantitative estimate of drug-likeness (QED) is 0.719. The van der Waals surface area contributed by atoms with Crippen LogP contribution in [0.2, 0.25) is 0 Å². The van der Waals surface area contributed by atoms with E-state index in [0.717, 1.165) is 6.42 Å². The van der Waals surface area contributed by atoms with Crippen LogP contribution in [0.4, 0.5) is 0 Å². The molecule has 4 nitrogen and oxygen atoms in total.